The first-order chi connectivity index (χ1) is 13.7. The van der Waals surface area contributed by atoms with Crippen LogP contribution in [0.5, 0.6) is 5.75 Å². The Labute approximate surface area is 161 Å². The Morgan fingerprint density at radius 2 is 1.89 bits per heavy atom. The maximum atomic E-state index is 13.4. The van der Waals surface area contributed by atoms with E-state index in [9.17, 15) is 8.78 Å². The molecule has 4 rings (SSSR count). The van der Waals surface area contributed by atoms with E-state index < -0.39 is 11.6 Å². The zero-order valence-corrected chi connectivity index (χ0v) is 15.1. The molecule has 0 unspecified atom stereocenters. The highest BCUT2D eigenvalue weighted by Gasteiger charge is 2.06. The Hall–Kier alpha value is -3.25. The SMILES string of the molecule is Fc1ccc(-c2cncc(CNCCOc3cccc4[nH]ccc34)c2)cc1F. The smallest absolute Gasteiger partial charge is 0.159 e. The number of aromatic nitrogens is 2. The van der Waals surface area contributed by atoms with E-state index in [1.165, 1.54) is 6.07 Å². The number of nitrogens with zero attached hydrogens (tertiary/aromatic N) is 1. The van der Waals surface area contributed by atoms with Crippen molar-refractivity contribution in [3.63, 3.8) is 0 Å². The molecular formula is C22H19F2N3O. The number of H-pyrrole nitrogens is 1. The van der Waals surface area contributed by atoms with Gasteiger partial charge in [-0.3, -0.25) is 4.98 Å². The van der Waals surface area contributed by atoms with Crippen LogP contribution in [0.25, 0.3) is 22.0 Å². The predicted octanol–water partition coefficient (Wildman–Crippen LogP) is 4.68. The molecular weight excluding hydrogens is 360 g/mol. The first kappa shape index (κ1) is 18.1. The lowest BCUT2D eigenvalue weighted by Gasteiger charge is -2.09. The Morgan fingerprint density at radius 3 is 2.79 bits per heavy atom. The molecule has 0 fully saturated rings. The summed E-state index contributed by atoms with van der Waals surface area (Å²) in [4.78, 5) is 7.36. The molecule has 2 aromatic carbocycles. The molecule has 4 aromatic rings. The largest absolute Gasteiger partial charge is 0.492 e. The Balaban J connectivity index is 1.32. The lowest BCUT2D eigenvalue weighted by atomic mass is 10.1. The summed E-state index contributed by atoms with van der Waals surface area (Å²) < 4.78 is 32.4. The van der Waals surface area contributed by atoms with Crippen molar-refractivity contribution in [2.24, 2.45) is 0 Å². The van der Waals surface area contributed by atoms with Gasteiger partial charge in [-0.05, 0) is 47.5 Å². The van der Waals surface area contributed by atoms with Gasteiger partial charge >= 0.3 is 0 Å². The Kier molecular flexibility index (Phi) is 5.30. The van der Waals surface area contributed by atoms with Gasteiger partial charge < -0.3 is 15.0 Å². The van der Waals surface area contributed by atoms with Crippen molar-refractivity contribution in [1.29, 1.82) is 0 Å². The second kappa shape index (κ2) is 8.19. The number of nitrogens with one attached hydrogen (secondary N) is 2. The van der Waals surface area contributed by atoms with Gasteiger partial charge in [0.2, 0.25) is 0 Å². The fourth-order valence-electron chi connectivity index (χ4n) is 3.07. The van der Waals surface area contributed by atoms with Crippen molar-refractivity contribution in [1.82, 2.24) is 15.3 Å². The summed E-state index contributed by atoms with van der Waals surface area (Å²) in [5.41, 5.74) is 3.34. The number of rotatable bonds is 7. The minimum absolute atomic E-state index is 0.528. The van der Waals surface area contributed by atoms with Gasteiger partial charge in [0, 0.05) is 48.1 Å². The standard InChI is InChI=1S/C22H19F2N3O/c23-19-5-4-16(11-20(19)24)17-10-15(13-26-14-17)12-25-8-9-28-22-3-1-2-21-18(22)6-7-27-21/h1-7,10-11,13-14,25,27H,8-9,12H2. The maximum Gasteiger partial charge on any atom is 0.159 e. The number of halogens is 2. The number of benzene rings is 2. The molecule has 0 radical (unpaired) electrons. The molecule has 0 amide bonds. The highest BCUT2D eigenvalue weighted by atomic mass is 19.2. The molecule has 6 heteroatoms. The molecule has 0 spiro atoms. The first-order valence-corrected chi connectivity index (χ1v) is 9.00. The van der Waals surface area contributed by atoms with E-state index in [0.29, 0.717) is 25.3 Å². The average molecular weight is 379 g/mol. The lowest BCUT2D eigenvalue weighted by Crippen LogP contribution is -2.20. The normalized spacial score (nSPS) is 11.1. The van der Waals surface area contributed by atoms with E-state index in [0.717, 1.165) is 33.8 Å². The summed E-state index contributed by atoms with van der Waals surface area (Å²) in [5, 5.41) is 4.37. The molecule has 0 aliphatic heterocycles. The van der Waals surface area contributed by atoms with Crippen molar-refractivity contribution in [3.8, 4) is 16.9 Å². The topological polar surface area (TPSA) is 49.9 Å². The van der Waals surface area contributed by atoms with Crippen LogP contribution in [0.3, 0.4) is 0 Å². The quantitative estimate of drug-likeness (QED) is 0.459. The van der Waals surface area contributed by atoms with Crippen LogP contribution in [0.4, 0.5) is 8.78 Å². The fourth-order valence-corrected chi connectivity index (χ4v) is 3.07. The second-order valence-corrected chi connectivity index (χ2v) is 6.43. The third kappa shape index (κ3) is 4.02. The van der Waals surface area contributed by atoms with Crippen LogP contribution < -0.4 is 10.1 Å². The summed E-state index contributed by atoms with van der Waals surface area (Å²) in [7, 11) is 0. The van der Waals surface area contributed by atoms with E-state index in [1.807, 2.05) is 36.5 Å². The number of hydrogen-bond donors (Lipinski definition) is 2. The first-order valence-electron chi connectivity index (χ1n) is 9.00. The van der Waals surface area contributed by atoms with Crippen molar-refractivity contribution in [2.75, 3.05) is 13.2 Å². The summed E-state index contributed by atoms with van der Waals surface area (Å²) in [6, 6.07) is 13.7. The predicted molar refractivity (Wildman–Crippen MR) is 105 cm³/mol. The van der Waals surface area contributed by atoms with Crippen LogP contribution in [0.1, 0.15) is 5.56 Å². The number of ether oxygens (including phenoxy) is 1. The highest BCUT2D eigenvalue weighted by molar-refractivity contribution is 5.85. The van der Waals surface area contributed by atoms with Gasteiger partial charge in [0.1, 0.15) is 12.4 Å². The zero-order chi connectivity index (χ0) is 19.3. The maximum absolute atomic E-state index is 13.4. The van der Waals surface area contributed by atoms with E-state index in [1.54, 1.807) is 18.5 Å². The lowest BCUT2D eigenvalue weighted by molar-refractivity contribution is 0.317. The molecule has 0 aliphatic carbocycles. The van der Waals surface area contributed by atoms with Crippen LogP contribution in [0.2, 0.25) is 0 Å². The molecule has 4 nitrogen and oxygen atoms in total. The minimum Gasteiger partial charge on any atom is -0.492 e. The highest BCUT2D eigenvalue weighted by Crippen LogP contribution is 2.24. The van der Waals surface area contributed by atoms with Gasteiger partial charge in [-0.2, -0.15) is 0 Å². The molecule has 28 heavy (non-hydrogen) atoms. The molecule has 2 heterocycles. The van der Waals surface area contributed by atoms with Gasteiger partial charge in [0.05, 0.1) is 0 Å². The van der Waals surface area contributed by atoms with Crippen LogP contribution in [-0.4, -0.2) is 23.1 Å². The number of fused-ring (bicyclic) bond motifs is 1. The fraction of sp³-hybridized carbons (Fsp3) is 0.136. The molecule has 0 saturated carbocycles. The van der Waals surface area contributed by atoms with Gasteiger partial charge in [-0.15, -0.1) is 0 Å². The van der Waals surface area contributed by atoms with E-state index in [2.05, 4.69) is 15.3 Å². The van der Waals surface area contributed by atoms with Crippen LogP contribution in [0.15, 0.2) is 67.1 Å². The number of hydrogen-bond acceptors (Lipinski definition) is 3. The van der Waals surface area contributed by atoms with Gasteiger partial charge in [-0.1, -0.05) is 12.1 Å². The van der Waals surface area contributed by atoms with Crippen LogP contribution in [-0.2, 0) is 6.54 Å². The second-order valence-electron chi connectivity index (χ2n) is 6.43. The van der Waals surface area contributed by atoms with Crippen LogP contribution in [0, 0.1) is 11.6 Å². The summed E-state index contributed by atoms with van der Waals surface area (Å²) >= 11 is 0. The van der Waals surface area contributed by atoms with Crippen molar-refractivity contribution in [2.45, 2.75) is 6.54 Å². The monoisotopic (exact) mass is 379 g/mol. The van der Waals surface area contributed by atoms with E-state index in [-0.39, 0.29) is 0 Å². The minimum atomic E-state index is -0.865. The molecule has 142 valence electrons. The van der Waals surface area contributed by atoms with Gasteiger partial charge in [-0.25, -0.2) is 8.78 Å². The molecule has 0 aliphatic rings. The summed E-state index contributed by atoms with van der Waals surface area (Å²) in [6.45, 7) is 1.79. The number of aromatic amines is 1. The molecule has 2 aromatic heterocycles. The van der Waals surface area contributed by atoms with Crippen molar-refractivity contribution >= 4 is 10.9 Å². The molecule has 0 saturated heterocycles. The van der Waals surface area contributed by atoms with Crippen molar-refractivity contribution in [3.05, 3.63) is 84.3 Å². The molecule has 2 N–H and O–H groups in total. The third-order valence-corrected chi connectivity index (χ3v) is 4.47. The van der Waals surface area contributed by atoms with Gasteiger partial charge in [0.25, 0.3) is 0 Å². The molecule has 0 bridgehead atoms. The Morgan fingerprint density at radius 1 is 0.964 bits per heavy atom. The van der Waals surface area contributed by atoms with E-state index in [4.69, 9.17) is 4.74 Å². The number of pyridine rings is 1. The van der Waals surface area contributed by atoms with Crippen molar-refractivity contribution < 1.29 is 13.5 Å². The zero-order valence-electron chi connectivity index (χ0n) is 15.1. The Bertz CT molecular complexity index is 1090. The summed E-state index contributed by atoms with van der Waals surface area (Å²) in [5.74, 6) is -0.872. The van der Waals surface area contributed by atoms with Gasteiger partial charge in [0.15, 0.2) is 11.6 Å². The summed E-state index contributed by atoms with van der Waals surface area (Å²) in [6.07, 6.45) is 5.28. The molecule has 0 atom stereocenters. The van der Waals surface area contributed by atoms with E-state index >= 15 is 0 Å². The van der Waals surface area contributed by atoms with Crippen LogP contribution >= 0.6 is 0 Å². The average Bonchev–Trinajstić information content (AvgIpc) is 3.20. The third-order valence-electron chi connectivity index (χ3n) is 4.47.